The summed E-state index contributed by atoms with van der Waals surface area (Å²) in [6.07, 6.45) is 0. The first-order valence-corrected chi connectivity index (χ1v) is 5.51. The molecular weight excluding hydrogens is 222 g/mol. The van der Waals surface area contributed by atoms with E-state index in [0.29, 0.717) is 0 Å². The maximum Gasteiger partial charge on any atom is 0.325 e. The maximum absolute atomic E-state index is 11.5. The molecule has 0 aliphatic rings. The smallest absolute Gasteiger partial charge is 0.325 e. The molecule has 5 nitrogen and oxygen atoms in total. The Morgan fingerprint density at radius 2 is 1.35 bits per heavy atom. The predicted octanol–water partition coefficient (Wildman–Crippen LogP) is 1.56. The molecule has 0 aromatic rings. The highest BCUT2D eigenvalue weighted by atomic mass is 16.4. The molecule has 0 heterocycles. The Kier molecular flexibility index (Phi) is 4.01. The molecule has 100 valence electrons. The number of hydrogen-bond acceptors (Lipinski definition) is 3. The molecule has 0 amide bonds. The largest absolute Gasteiger partial charge is 0.481 e. The van der Waals surface area contributed by atoms with Crippen molar-refractivity contribution in [1.29, 1.82) is 0 Å². The second-order valence-corrected chi connectivity index (χ2v) is 6.56. The fourth-order valence-corrected chi connectivity index (χ4v) is 2.13. The molecule has 0 aliphatic carbocycles. The molecule has 0 radical (unpaired) electrons. The molecule has 0 saturated carbocycles. The van der Waals surface area contributed by atoms with Gasteiger partial charge in [0, 0.05) is 0 Å². The topological polar surface area (TPSA) is 101 Å². The summed E-state index contributed by atoms with van der Waals surface area (Å²) < 4.78 is 0. The van der Waals surface area contributed by atoms with E-state index in [1.807, 2.05) is 0 Å². The summed E-state index contributed by atoms with van der Waals surface area (Å²) in [6, 6.07) is 0. The van der Waals surface area contributed by atoms with Crippen LogP contribution in [0.4, 0.5) is 0 Å². The molecule has 0 fully saturated rings. The minimum absolute atomic E-state index is 0.744. The molecular formula is C12H23NO4. The van der Waals surface area contributed by atoms with Gasteiger partial charge in [-0.25, -0.2) is 0 Å². The fourth-order valence-electron chi connectivity index (χ4n) is 2.13. The van der Waals surface area contributed by atoms with Crippen LogP contribution in [0.15, 0.2) is 0 Å². The van der Waals surface area contributed by atoms with Gasteiger partial charge in [0.2, 0.25) is 0 Å². The number of carbonyl (C=O) groups is 2. The van der Waals surface area contributed by atoms with E-state index in [9.17, 15) is 19.8 Å². The Hall–Kier alpha value is -1.10. The maximum atomic E-state index is 11.5. The van der Waals surface area contributed by atoms with Crippen LogP contribution in [0.1, 0.15) is 41.5 Å². The third-order valence-corrected chi connectivity index (χ3v) is 3.16. The van der Waals surface area contributed by atoms with Crippen molar-refractivity contribution in [2.45, 2.75) is 47.1 Å². The summed E-state index contributed by atoms with van der Waals surface area (Å²) in [7, 11) is 0. The highest BCUT2D eigenvalue weighted by Gasteiger charge is 2.58. The predicted molar refractivity (Wildman–Crippen MR) is 64.6 cm³/mol. The second kappa shape index (κ2) is 4.29. The van der Waals surface area contributed by atoms with E-state index in [0.717, 1.165) is 0 Å². The van der Waals surface area contributed by atoms with Crippen molar-refractivity contribution in [1.82, 2.24) is 0 Å². The number of nitrogens with two attached hydrogens (primary N) is 1. The zero-order chi connectivity index (χ0) is 14.2. The molecule has 0 spiro atoms. The van der Waals surface area contributed by atoms with Gasteiger partial charge in [-0.2, -0.15) is 0 Å². The van der Waals surface area contributed by atoms with Crippen molar-refractivity contribution < 1.29 is 19.8 Å². The van der Waals surface area contributed by atoms with Crippen molar-refractivity contribution in [2.75, 3.05) is 0 Å². The van der Waals surface area contributed by atoms with Gasteiger partial charge in [0.05, 0.1) is 5.92 Å². The van der Waals surface area contributed by atoms with Gasteiger partial charge in [0.25, 0.3) is 0 Å². The summed E-state index contributed by atoms with van der Waals surface area (Å²) in [6.45, 7) is 9.97. The standard InChI is InChI=1S/C12H23NO4/c1-10(2,3)7(8(14)15)12(13,9(16)17)11(4,5)6/h7H,13H2,1-6H3,(H,14,15)(H,16,17). The SMILES string of the molecule is CC(C)(C)C(C(=O)O)C(N)(C(=O)O)C(C)(C)C. The van der Waals surface area contributed by atoms with E-state index in [2.05, 4.69) is 0 Å². The average molecular weight is 245 g/mol. The Morgan fingerprint density at radius 1 is 1.00 bits per heavy atom. The molecule has 0 saturated heterocycles. The molecule has 0 aliphatic heterocycles. The van der Waals surface area contributed by atoms with Crippen LogP contribution in [-0.2, 0) is 9.59 Å². The molecule has 2 unspecified atom stereocenters. The molecule has 0 rings (SSSR count). The van der Waals surface area contributed by atoms with Gasteiger partial charge in [0.1, 0.15) is 5.54 Å². The van der Waals surface area contributed by atoms with Crippen LogP contribution in [0.3, 0.4) is 0 Å². The van der Waals surface area contributed by atoms with Gasteiger partial charge < -0.3 is 15.9 Å². The lowest BCUT2D eigenvalue weighted by Crippen LogP contribution is -2.67. The minimum atomic E-state index is -1.82. The van der Waals surface area contributed by atoms with Crippen LogP contribution < -0.4 is 5.73 Å². The van der Waals surface area contributed by atoms with Gasteiger partial charge in [-0.1, -0.05) is 41.5 Å². The van der Waals surface area contributed by atoms with Gasteiger partial charge >= 0.3 is 11.9 Å². The summed E-state index contributed by atoms with van der Waals surface area (Å²) in [5.74, 6) is -3.64. The third-order valence-electron chi connectivity index (χ3n) is 3.16. The Balaban J connectivity index is 5.92. The summed E-state index contributed by atoms with van der Waals surface area (Å²) in [5.41, 5.74) is 2.54. The van der Waals surface area contributed by atoms with Gasteiger partial charge in [-0.05, 0) is 10.8 Å². The number of carboxylic acids is 2. The lowest BCUT2D eigenvalue weighted by atomic mass is 9.59. The van der Waals surface area contributed by atoms with Gasteiger partial charge in [-0.3, -0.25) is 9.59 Å². The Bertz CT molecular complexity index is 324. The first-order chi connectivity index (χ1) is 7.26. The van der Waals surface area contributed by atoms with Crippen molar-refractivity contribution in [3.63, 3.8) is 0 Å². The molecule has 0 bridgehead atoms. The van der Waals surface area contributed by atoms with E-state index in [-0.39, 0.29) is 0 Å². The molecule has 2 atom stereocenters. The number of carboxylic acid groups (broad SMARTS) is 2. The van der Waals surface area contributed by atoms with Crippen molar-refractivity contribution in [2.24, 2.45) is 22.5 Å². The average Bonchev–Trinajstić information content (AvgIpc) is 1.97. The molecule has 4 N–H and O–H groups in total. The lowest BCUT2D eigenvalue weighted by Gasteiger charge is -2.46. The van der Waals surface area contributed by atoms with Crippen LogP contribution in [-0.4, -0.2) is 27.7 Å². The zero-order valence-corrected chi connectivity index (χ0v) is 11.4. The van der Waals surface area contributed by atoms with Gasteiger partial charge in [0.15, 0.2) is 0 Å². The highest BCUT2D eigenvalue weighted by Crippen LogP contribution is 2.43. The van der Waals surface area contributed by atoms with E-state index >= 15 is 0 Å². The lowest BCUT2D eigenvalue weighted by molar-refractivity contribution is -0.167. The second-order valence-electron chi connectivity index (χ2n) is 6.56. The highest BCUT2D eigenvalue weighted by molar-refractivity contribution is 5.88. The first-order valence-electron chi connectivity index (χ1n) is 5.51. The zero-order valence-electron chi connectivity index (χ0n) is 11.4. The Labute approximate surface area is 102 Å². The first kappa shape index (κ1) is 15.9. The van der Waals surface area contributed by atoms with Crippen LogP contribution >= 0.6 is 0 Å². The fraction of sp³-hybridized carbons (Fsp3) is 0.833. The van der Waals surface area contributed by atoms with Crippen LogP contribution in [0.5, 0.6) is 0 Å². The van der Waals surface area contributed by atoms with Gasteiger partial charge in [-0.15, -0.1) is 0 Å². The summed E-state index contributed by atoms with van der Waals surface area (Å²) >= 11 is 0. The Morgan fingerprint density at radius 3 is 1.41 bits per heavy atom. The summed E-state index contributed by atoms with van der Waals surface area (Å²) in [4.78, 5) is 22.9. The number of aliphatic carboxylic acids is 2. The third kappa shape index (κ3) is 2.77. The normalized spacial score (nSPS) is 18.3. The van der Waals surface area contributed by atoms with Crippen LogP contribution in [0.2, 0.25) is 0 Å². The van der Waals surface area contributed by atoms with Crippen LogP contribution in [0, 0.1) is 16.7 Å². The molecule has 0 aromatic carbocycles. The van der Waals surface area contributed by atoms with Crippen molar-refractivity contribution >= 4 is 11.9 Å². The quantitative estimate of drug-likeness (QED) is 0.700. The van der Waals surface area contributed by atoms with E-state index in [1.54, 1.807) is 41.5 Å². The minimum Gasteiger partial charge on any atom is -0.481 e. The van der Waals surface area contributed by atoms with E-state index in [4.69, 9.17) is 5.73 Å². The number of rotatable bonds is 3. The molecule has 0 aromatic heterocycles. The molecule has 5 heteroatoms. The van der Waals surface area contributed by atoms with Crippen LogP contribution in [0.25, 0.3) is 0 Å². The molecule has 17 heavy (non-hydrogen) atoms. The van der Waals surface area contributed by atoms with E-state index < -0.39 is 34.2 Å². The van der Waals surface area contributed by atoms with Crippen molar-refractivity contribution in [3.8, 4) is 0 Å². The summed E-state index contributed by atoms with van der Waals surface area (Å²) in [5, 5.41) is 18.7. The monoisotopic (exact) mass is 245 g/mol. The van der Waals surface area contributed by atoms with E-state index in [1.165, 1.54) is 0 Å². The number of hydrogen-bond donors (Lipinski definition) is 3. The van der Waals surface area contributed by atoms with Crippen molar-refractivity contribution in [3.05, 3.63) is 0 Å².